The van der Waals surface area contributed by atoms with Gasteiger partial charge < -0.3 is 11.1 Å². The van der Waals surface area contributed by atoms with Crippen LogP contribution in [-0.2, 0) is 4.79 Å². The Labute approximate surface area is 120 Å². The van der Waals surface area contributed by atoms with Gasteiger partial charge in [0.15, 0.2) is 0 Å². The molecule has 1 rings (SSSR count). The molecule has 0 saturated heterocycles. The van der Waals surface area contributed by atoms with E-state index in [4.69, 9.17) is 18.0 Å². The van der Waals surface area contributed by atoms with Crippen molar-refractivity contribution in [2.45, 2.75) is 13.8 Å². The SMILES string of the molecule is CC(C)C(C(=O)Nc1ccc(I)cc1)C(N)=S. The molecule has 0 bridgehead atoms. The Balaban J connectivity index is 2.77. The van der Waals surface area contributed by atoms with Crippen LogP contribution in [0.4, 0.5) is 5.69 Å². The smallest absolute Gasteiger partial charge is 0.234 e. The quantitative estimate of drug-likeness (QED) is 0.640. The molecule has 0 aliphatic carbocycles. The van der Waals surface area contributed by atoms with E-state index < -0.39 is 5.92 Å². The molecular weight excluding hydrogens is 347 g/mol. The fourth-order valence-corrected chi connectivity index (χ4v) is 2.25. The Hall–Kier alpha value is -0.690. The highest BCUT2D eigenvalue weighted by Crippen LogP contribution is 2.16. The van der Waals surface area contributed by atoms with E-state index in [-0.39, 0.29) is 16.8 Å². The van der Waals surface area contributed by atoms with Crippen LogP contribution in [0.3, 0.4) is 0 Å². The van der Waals surface area contributed by atoms with Crippen molar-refractivity contribution in [1.29, 1.82) is 0 Å². The maximum atomic E-state index is 12.0. The lowest BCUT2D eigenvalue weighted by molar-refractivity contribution is -0.118. The number of carbonyl (C=O) groups excluding carboxylic acids is 1. The first kappa shape index (κ1) is 14.4. The van der Waals surface area contributed by atoms with Gasteiger partial charge in [0.2, 0.25) is 5.91 Å². The molecule has 92 valence electrons. The summed E-state index contributed by atoms with van der Waals surface area (Å²) in [6.07, 6.45) is 0. The summed E-state index contributed by atoms with van der Waals surface area (Å²) in [5.41, 5.74) is 6.35. The molecule has 0 spiro atoms. The standard InChI is InChI=1S/C12H15IN2OS/c1-7(2)10(11(14)17)12(16)15-9-5-3-8(13)4-6-9/h3-7,10H,1-2H3,(H2,14,17)(H,15,16). The summed E-state index contributed by atoms with van der Waals surface area (Å²) in [6.45, 7) is 3.86. The summed E-state index contributed by atoms with van der Waals surface area (Å²) in [5, 5.41) is 2.82. The molecule has 0 fully saturated rings. The fraction of sp³-hybridized carbons (Fsp3) is 0.333. The molecule has 3 N–H and O–H groups in total. The van der Waals surface area contributed by atoms with Gasteiger partial charge in [-0.25, -0.2) is 0 Å². The lowest BCUT2D eigenvalue weighted by Crippen LogP contribution is -2.36. The highest BCUT2D eigenvalue weighted by atomic mass is 127. The molecular formula is C12H15IN2OS. The zero-order valence-electron chi connectivity index (χ0n) is 9.74. The number of nitrogens with two attached hydrogens (primary N) is 1. The summed E-state index contributed by atoms with van der Waals surface area (Å²) in [6, 6.07) is 7.58. The maximum Gasteiger partial charge on any atom is 0.234 e. The first-order chi connectivity index (χ1) is 7.91. The number of benzene rings is 1. The van der Waals surface area contributed by atoms with Gasteiger partial charge in [-0.05, 0) is 52.8 Å². The predicted octanol–water partition coefficient (Wildman–Crippen LogP) is 2.79. The van der Waals surface area contributed by atoms with Gasteiger partial charge >= 0.3 is 0 Å². The average molecular weight is 362 g/mol. The van der Waals surface area contributed by atoms with E-state index in [9.17, 15) is 4.79 Å². The van der Waals surface area contributed by atoms with Crippen LogP contribution in [0.15, 0.2) is 24.3 Å². The van der Waals surface area contributed by atoms with Crippen LogP contribution in [0.5, 0.6) is 0 Å². The molecule has 0 radical (unpaired) electrons. The Kier molecular flexibility index (Phi) is 5.32. The molecule has 0 aliphatic rings. The second-order valence-electron chi connectivity index (χ2n) is 4.12. The van der Waals surface area contributed by atoms with E-state index in [1.54, 1.807) is 0 Å². The molecule has 3 nitrogen and oxygen atoms in total. The van der Waals surface area contributed by atoms with Crippen LogP contribution in [0.25, 0.3) is 0 Å². The Morgan fingerprint density at radius 2 is 1.88 bits per heavy atom. The number of hydrogen-bond donors (Lipinski definition) is 2. The van der Waals surface area contributed by atoms with Crippen molar-refractivity contribution in [3.8, 4) is 0 Å². The lowest BCUT2D eigenvalue weighted by atomic mass is 9.95. The van der Waals surface area contributed by atoms with E-state index >= 15 is 0 Å². The van der Waals surface area contributed by atoms with Crippen molar-refractivity contribution in [3.63, 3.8) is 0 Å². The number of thiocarbonyl (C=S) groups is 1. The van der Waals surface area contributed by atoms with Gasteiger partial charge in [0.1, 0.15) is 0 Å². The van der Waals surface area contributed by atoms with E-state index in [1.807, 2.05) is 38.1 Å². The average Bonchev–Trinajstić information content (AvgIpc) is 2.20. The molecule has 0 aromatic heterocycles. The highest BCUT2D eigenvalue weighted by Gasteiger charge is 2.24. The molecule has 1 aromatic rings. The van der Waals surface area contributed by atoms with Crippen molar-refractivity contribution in [1.82, 2.24) is 0 Å². The third kappa shape index (κ3) is 4.23. The minimum atomic E-state index is -0.427. The number of halogens is 1. The summed E-state index contributed by atoms with van der Waals surface area (Å²) in [5.74, 6) is -0.477. The fourth-order valence-electron chi connectivity index (χ4n) is 1.51. The molecule has 1 unspecified atom stereocenters. The van der Waals surface area contributed by atoms with Crippen molar-refractivity contribution in [3.05, 3.63) is 27.8 Å². The second-order valence-corrected chi connectivity index (χ2v) is 5.84. The molecule has 1 amide bonds. The van der Waals surface area contributed by atoms with Crippen molar-refractivity contribution in [2.24, 2.45) is 17.6 Å². The summed E-state index contributed by atoms with van der Waals surface area (Å²) in [7, 11) is 0. The first-order valence-corrected chi connectivity index (χ1v) is 6.76. The van der Waals surface area contributed by atoms with Gasteiger partial charge in [-0.15, -0.1) is 0 Å². The van der Waals surface area contributed by atoms with Crippen LogP contribution in [0.2, 0.25) is 0 Å². The minimum absolute atomic E-state index is 0.0938. The van der Waals surface area contributed by atoms with E-state index in [1.165, 1.54) is 0 Å². The third-order valence-electron chi connectivity index (χ3n) is 2.37. The second kappa shape index (κ2) is 6.30. The molecule has 1 atom stereocenters. The Morgan fingerprint density at radius 1 is 1.35 bits per heavy atom. The molecule has 5 heteroatoms. The summed E-state index contributed by atoms with van der Waals surface area (Å²) < 4.78 is 1.12. The largest absolute Gasteiger partial charge is 0.393 e. The lowest BCUT2D eigenvalue weighted by Gasteiger charge is -2.18. The molecule has 0 saturated carbocycles. The topological polar surface area (TPSA) is 55.1 Å². The zero-order valence-corrected chi connectivity index (χ0v) is 12.7. The normalized spacial score (nSPS) is 12.2. The first-order valence-electron chi connectivity index (χ1n) is 5.27. The number of rotatable bonds is 4. The number of hydrogen-bond acceptors (Lipinski definition) is 2. The zero-order chi connectivity index (χ0) is 13.0. The van der Waals surface area contributed by atoms with Crippen LogP contribution in [-0.4, -0.2) is 10.9 Å². The Bertz CT molecular complexity index is 417. The number of amides is 1. The van der Waals surface area contributed by atoms with E-state index in [0.717, 1.165) is 9.26 Å². The number of nitrogens with one attached hydrogen (secondary N) is 1. The van der Waals surface area contributed by atoms with Gasteiger partial charge in [0.25, 0.3) is 0 Å². The molecule has 1 aromatic carbocycles. The number of carbonyl (C=O) groups is 1. The van der Waals surface area contributed by atoms with Crippen molar-refractivity contribution >= 4 is 51.4 Å². The van der Waals surface area contributed by atoms with Gasteiger partial charge in [-0.3, -0.25) is 4.79 Å². The van der Waals surface area contributed by atoms with Gasteiger partial charge in [0.05, 0.1) is 10.9 Å². The molecule has 0 aliphatic heterocycles. The molecule has 0 heterocycles. The van der Waals surface area contributed by atoms with Gasteiger partial charge in [-0.2, -0.15) is 0 Å². The molecule has 17 heavy (non-hydrogen) atoms. The summed E-state index contributed by atoms with van der Waals surface area (Å²) in [4.78, 5) is 12.2. The van der Waals surface area contributed by atoms with Crippen molar-refractivity contribution in [2.75, 3.05) is 5.32 Å². The van der Waals surface area contributed by atoms with Crippen LogP contribution in [0.1, 0.15) is 13.8 Å². The highest BCUT2D eigenvalue weighted by molar-refractivity contribution is 14.1. The van der Waals surface area contributed by atoms with Gasteiger partial charge in [0, 0.05) is 9.26 Å². The van der Waals surface area contributed by atoms with Crippen LogP contribution >= 0.6 is 34.8 Å². The minimum Gasteiger partial charge on any atom is -0.393 e. The number of anilines is 1. The van der Waals surface area contributed by atoms with Crippen LogP contribution < -0.4 is 11.1 Å². The van der Waals surface area contributed by atoms with Gasteiger partial charge in [-0.1, -0.05) is 26.1 Å². The summed E-state index contributed by atoms with van der Waals surface area (Å²) >= 11 is 7.13. The van der Waals surface area contributed by atoms with Crippen LogP contribution in [0, 0.1) is 15.4 Å². The third-order valence-corrected chi connectivity index (χ3v) is 3.34. The Morgan fingerprint density at radius 3 is 2.29 bits per heavy atom. The van der Waals surface area contributed by atoms with Crippen molar-refractivity contribution < 1.29 is 4.79 Å². The predicted molar refractivity (Wildman–Crippen MR) is 82.9 cm³/mol. The van der Waals surface area contributed by atoms with E-state index in [0.29, 0.717) is 0 Å². The monoisotopic (exact) mass is 362 g/mol. The maximum absolute atomic E-state index is 12.0. The van der Waals surface area contributed by atoms with E-state index in [2.05, 4.69) is 27.9 Å².